The zero-order valence-corrected chi connectivity index (χ0v) is 10.6. The summed E-state index contributed by atoms with van der Waals surface area (Å²) in [4.78, 5) is 16.9. The predicted octanol–water partition coefficient (Wildman–Crippen LogP) is 0.987. The number of carbonyl (C=O) groups is 1. The second-order valence-corrected chi connectivity index (χ2v) is 4.41. The van der Waals surface area contributed by atoms with E-state index in [1.54, 1.807) is 19.3 Å². The number of aliphatic hydroxyl groups is 1. The van der Waals surface area contributed by atoms with Crippen molar-refractivity contribution in [3.05, 3.63) is 30.1 Å². The van der Waals surface area contributed by atoms with Gasteiger partial charge >= 0.3 is 5.97 Å². The van der Waals surface area contributed by atoms with Crippen molar-refractivity contribution in [3.63, 3.8) is 0 Å². The number of rotatable bonds is 8. The number of hydrogen-bond acceptors (Lipinski definition) is 4. The number of aromatic nitrogens is 1. The number of carboxylic acid groups (broad SMARTS) is 1. The summed E-state index contributed by atoms with van der Waals surface area (Å²) in [6.07, 6.45) is 4.10. The van der Waals surface area contributed by atoms with Crippen LogP contribution in [0.25, 0.3) is 0 Å². The van der Waals surface area contributed by atoms with Crippen molar-refractivity contribution in [2.45, 2.75) is 19.9 Å². The van der Waals surface area contributed by atoms with E-state index >= 15 is 0 Å². The van der Waals surface area contributed by atoms with Gasteiger partial charge in [0.15, 0.2) is 0 Å². The van der Waals surface area contributed by atoms with E-state index in [0.29, 0.717) is 26.1 Å². The molecule has 0 amide bonds. The van der Waals surface area contributed by atoms with Gasteiger partial charge < -0.3 is 10.2 Å². The van der Waals surface area contributed by atoms with E-state index in [9.17, 15) is 4.79 Å². The SMILES string of the molecule is CC(CN(CCCO)Cc1ccncc1)C(=O)O. The monoisotopic (exact) mass is 252 g/mol. The highest BCUT2D eigenvalue weighted by molar-refractivity contribution is 5.69. The van der Waals surface area contributed by atoms with Crippen LogP contribution in [0.2, 0.25) is 0 Å². The molecule has 0 radical (unpaired) electrons. The molecule has 1 rings (SSSR count). The maximum atomic E-state index is 10.9. The second kappa shape index (κ2) is 7.79. The largest absolute Gasteiger partial charge is 0.481 e. The molecule has 5 nitrogen and oxygen atoms in total. The third-order valence-corrected chi connectivity index (χ3v) is 2.74. The average molecular weight is 252 g/mol. The lowest BCUT2D eigenvalue weighted by Crippen LogP contribution is -2.32. The molecule has 0 saturated heterocycles. The highest BCUT2D eigenvalue weighted by Gasteiger charge is 2.16. The molecule has 0 aromatic carbocycles. The van der Waals surface area contributed by atoms with Gasteiger partial charge in [0.1, 0.15) is 0 Å². The summed E-state index contributed by atoms with van der Waals surface area (Å²) >= 11 is 0. The van der Waals surface area contributed by atoms with Gasteiger partial charge in [-0.15, -0.1) is 0 Å². The Hall–Kier alpha value is -1.46. The molecule has 0 bridgehead atoms. The fourth-order valence-electron chi connectivity index (χ4n) is 1.74. The van der Waals surface area contributed by atoms with Gasteiger partial charge in [-0.1, -0.05) is 6.92 Å². The van der Waals surface area contributed by atoms with E-state index in [0.717, 1.165) is 5.56 Å². The Bertz CT molecular complexity index is 357. The van der Waals surface area contributed by atoms with E-state index in [2.05, 4.69) is 4.98 Å². The summed E-state index contributed by atoms with van der Waals surface area (Å²) < 4.78 is 0. The maximum absolute atomic E-state index is 10.9. The topological polar surface area (TPSA) is 73.7 Å². The number of aliphatic hydroxyl groups excluding tert-OH is 1. The van der Waals surface area contributed by atoms with Crippen LogP contribution in [-0.2, 0) is 11.3 Å². The quantitative estimate of drug-likeness (QED) is 0.721. The van der Waals surface area contributed by atoms with Gasteiger partial charge in [-0.2, -0.15) is 0 Å². The third-order valence-electron chi connectivity index (χ3n) is 2.74. The van der Waals surface area contributed by atoms with Crippen molar-refractivity contribution in [1.29, 1.82) is 0 Å². The van der Waals surface area contributed by atoms with Gasteiger partial charge in [-0.25, -0.2) is 0 Å². The predicted molar refractivity (Wildman–Crippen MR) is 68.0 cm³/mol. The molecule has 0 aliphatic carbocycles. The van der Waals surface area contributed by atoms with Gasteiger partial charge in [0.25, 0.3) is 0 Å². The molecule has 1 unspecified atom stereocenters. The number of aliphatic carboxylic acids is 1. The molecule has 1 aromatic heterocycles. The minimum absolute atomic E-state index is 0.119. The van der Waals surface area contributed by atoms with Crippen LogP contribution in [0.1, 0.15) is 18.9 Å². The Balaban J connectivity index is 2.57. The van der Waals surface area contributed by atoms with Crippen LogP contribution in [0.15, 0.2) is 24.5 Å². The molecule has 2 N–H and O–H groups in total. The van der Waals surface area contributed by atoms with Crippen molar-refractivity contribution >= 4 is 5.97 Å². The molecule has 100 valence electrons. The van der Waals surface area contributed by atoms with Crippen LogP contribution in [0.4, 0.5) is 0 Å². The van der Waals surface area contributed by atoms with Gasteiger partial charge in [-0.05, 0) is 24.1 Å². The number of carboxylic acids is 1. The first-order chi connectivity index (χ1) is 8.63. The molecule has 18 heavy (non-hydrogen) atoms. The van der Waals surface area contributed by atoms with Crippen LogP contribution in [-0.4, -0.2) is 45.8 Å². The van der Waals surface area contributed by atoms with Crippen LogP contribution in [0, 0.1) is 5.92 Å². The van der Waals surface area contributed by atoms with Crippen LogP contribution in [0.3, 0.4) is 0 Å². The van der Waals surface area contributed by atoms with Gasteiger partial charge in [-0.3, -0.25) is 14.7 Å². The Morgan fingerprint density at radius 3 is 2.67 bits per heavy atom. The van der Waals surface area contributed by atoms with Gasteiger partial charge in [0.05, 0.1) is 5.92 Å². The number of pyridine rings is 1. The van der Waals surface area contributed by atoms with Crippen molar-refractivity contribution in [2.24, 2.45) is 5.92 Å². The zero-order valence-electron chi connectivity index (χ0n) is 10.6. The smallest absolute Gasteiger partial charge is 0.307 e. The summed E-state index contributed by atoms with van der Waals surface area (Å²) in [5, 5.41) is 17.8. The van der Waals surface area contributed by atoms with E-state index in [4.69, 9.17) is 10.2 Å². The second-order valence-electron chi connectivity index (χ2n) is 4.41. The first kappa shape index (κ1) is 14.6. The standard InChI is InChI=1S/C13H20N2O3/c1-11(13(17)18)9-15(7-2-8-16)10-12-3-5-14-6-4-12/h3-6,11,16H,2,7-10H2,1H3,(H,17,18). The number of nitrogens with zero attached hydrogens (tertiary/aromatic N) is 2. The molecule has 0 fully saturated rings. The molecule has 1 atom stereocenters. The van der Waals surface area contributed by atoms with E-state index in [-0.39, 0.29) is 6.61 Å². The van der Waals surface area contributed by atoms with E-state index in [1.807, 2.05) is 17.0 Å². The fraction of sp³-hybridized carbons (Fsp3) is 0.538. The summed E-state index contributed by atoms with van der Waals surface area (Å²) in [6.45, 7) is 3.67. The molecule has 1 aromatic rings. The summed E-state index contributed by atoms with van der Waals surface area (Å²) in [5.41, 5.74) is 1.10. The summed E-state index contributed by atoms with van der Waals surface area (Å²) in [7, 11) is 0. The van der Waals surface area contributed by atoms with Crippen LogP contribution in [0.5, 0.6) is 0 Å². The lowest BCUT2D eigenvalue weighted by Gasteiger charge is -2.23. The van der Waals surface area contributed by atoms with Gasteiger partial charge in [0, 0.05) is 38.6 Å². The Morgan fingerprint density at radius 2 is 2.11 bits per heavy atom. The molecule has 0 aliphatic rings. The highest BCUT2D eigenvalue weighted by atomic mass is 16.4. The lowest BCUT2D eigenvalue weighted by atomic mass is 10.1. The minimum atomic E-state index is -0.793. The Kier molecular flexibility index (Phi) is 6.32. The zero-order chi connectivity index (χ0) is 13.4. The van der Waals surface area contributed by atoms with E-state index in [1.165, 1.54) is 0 Å². The van der Waals surface area contributed by atoms with Crippen LogP contribution >= 0.6 is 0 Å². The first-order valence-electron chi connectivity index (χ1n) is 6.08. The fourth-order valence-corrected chi connectivity index (χ4v) is 1.74. The highest BCUT2D eigenvalue weighted by Crippen LogP contribution is 2.07. The first-order valence-corrected chi connectivity index (χ1v) is 6.08. The third kappa shape index (κ3) is 5.25. The molecule has 0 saturated carbocycles. The lowest BCUT2D eigenvalue weighted by molar-refractivity contribution is -0.141. The average Bonchev–Trinajstić information content (AvgIpc) is 2.37. The molecule has 5 heteroatoms. The molecule has 1 heterocycles. The number of hydrogen-bond donors (Lipinski definition) is 2. The molecular weight excluding hydrogens is 232 g/mol. The maximum Gasteiger partial charge on any atom is 0.307 e. The van der Waals surface area contributed by atoms with Crippen molar-refractivity contribution in [2.75, 3.05) is 19.7 Å². The van der Waals surface area contributed by atoms with Crippen molar-refractivity contribution in [3.8, 4) is 0 Å². The van der Waals surface area contributed by atoms with Gasteiger partial charge in [0.2, 0.25) is 0 Å². The summed E-state index contributed by atoms with van der Waals surface area (Å²) in [5.74, 6) is -1.20. The Morgan fingerprint density at radius 1 is 1.44 bits per heavy atom. The summed E-state index contributed by atoms with van der Waals surface area (Å²) in [6, 6.07) is 3.83. The minimum Gasteiger partial charge on any atom is -0.481 e. The van der Waals surface area contributed by atoms with E-state index < -0.39 is 11.9 Å². The molecule has 0 aliphatic heterocycles. The molecular formula is C13H20N2O3. The Labute approximate surface area is 107 Å². The molecule has 0 spiro atoms. The van der Waals surface area contributed by atoms with Crippen molar-refractivity contribution < 1.29 is 15.0 Å². The van der Waals surface area contributed by atoms with Crippen LogP contribution < -0.4 is 0 Å². The van der Waals surface area contributed by atoms with Crippen molar-refractivity contribution in [1.82, 2.24) is 9.88 Å². The normalized spacial score (nSPS) is 12.6.